The Hall–Kier alpha value is -0.940. The molecule has 3 nitrogen and oxygen atoms in total. The highest BCUT2D eigenvalue weighted by Crippen LogP contribution is 2.36. The number of carboxylic acid groups (broad SMARTS) is 1. The number of carboxylic acids is 1. The predicted molar refractivity (Wildman–Crippen MR) is 73.1 cm³/mol. The first-order valence-corrected chi connectivity index (χ1v) is 6.85. The Labute approximate surface area is 112 Å². The Kier molecular flexibility index (Phi) is 3.23. The van der Waals surface area contributed by atoms with Gasteiger partial charge in [-0.3, -0.25) is 0 Å². The topological polar surface area (TPSA) is 50.2 Å². The molecule has 0 aliphatic heterocycles. The van der Waals surface area contributed by atoms with E-state index in [1.165, 1.54) is 0 Å². The molecule has 0 unspecified atom stereocenters. The van der Waals surface area contributed by atoms with E-state index >= 15 is 0 Å². The second kappa shape index (κ2) is 4.38. The number of thiazole rings is 1. The molecule has 2 rings (SSSR count). The zero-order valence-corrected chi connectivity index (χ0v) is 12.1. The van der Waals surface area contributed by atoms with Crippen LogP contribution in [0.3, 0.4) is 0 Å². The van der Waals surface area contributed by atoms with Crippen molar-refractivity contribution in [2.24, 2.45) is 0 Å². The third-order valence-corrected chi connectivity index (χ3v) is 4.89. The van der Waals surface area contributed by atoms with E-state index in [1.807, 2.05) is 6.92 Å². The van der Waals surface area contributed by atoms with Crippen molar-refractivity contribution in [3.05, 3.63) is 26.7 Å². The molecule has 1 heterocycles. The SMILES string of the molecule is Cc1c(C(=O)O)cc(Br)c2sc(C(C)C)nc12. The van der Waals surface area contributed by atoms with Gasteiger partial charge in [0, 0.05) is 10.4 Å². The van der Waals surface area contributed by atoms with Crippen LogP contribution >= 0.6 is 27.3 Å². The number of aryl methyl sites for hydroxylation is 1. The summed E-state index contributed by atoms with van der Waals surface area (Å²) in [7, 11) is 0. The number of halogens is 1. The van der Waals surface area contributed by atoms with Gasteiger partial charge in [-0.1, -0.05) is 13.8 Å². The number of rotatable bonds is 2. The molecule has 0 aliphatic rings. The summed E-state index contributed by atoms with van der Waals surface area (Å²) >= 11 is 5.04. The summed E-state index contributed by atoms with van der Waals surface area (Å²) in [4.78, 5) is 15.7. The highest BCUT2D eigenvalue weighted by molar-refractivity contribution is 9.10. The fraction of sp³-hybridized carbons (Fsp3) is 0.333. The van der Waals surface area contributed by atoms with Crippen LogP contribution in [-0.4, -0.2) is 16.1 Å². The number of aromatic nitrogens is 1. The minimum Gasteiger partial charge on any atom is -0.478 e. The van der Waals surface area contributed by atoms with E-state index in [9.17, 15) is 4.79 Å². The van der Waals surface area contributed by atoms with Crippen LogP contribution in [-0.2, 0) is 0 Å². The highest BCUT2D eigenvalue weighted by Gasteiger charge is 2.17. The lowest BCUT2D eigenvalue weighted by atomic mass is 10.1. The van der Waals surface area contributed by atoms with Crippen LogP contribution < -0.4 is 0 Å². The zero-order valence-electron chi connectivity index (χ0n) is 9.74. The molecular weight excluding hydrogens is 302 g/mol. The minimum absolute atomic E-state index is 0.310. The van der Waals surface area contributed by atoms with Gasteiger partial charge in [0.25, 0.3) is 0 Å². The molecule has 17 heavy (non-hydrogen) atoms. The Morgan fingerprint density at radius 1 is 1.53 bits per heavy atom. The molecule has 0 atom stereocenters. The molecule has 0 saturated carbocycles. The average molecular weight is 314 g/mol. The summed E-state index contributed by atoms with van der Waals surface area (Å²) in [6.45, 7) is 5.97. The van der Waals surface area contributed by atoms with Gasteiger partial charge in [0.2, 0.25) is 0 Å². The first kappa shape index (κ1) is 12.5. The van der Waals surface area contributed by atoms with Gasteiger partial charge >= 0.3 is 5.97 Å². The van der Waals surface area contributed by atoms with Crippen LogP contribution in [0, 0.1) is 6.92 Å². The molecule has 0 fully saturated rings. The third-order valence-electron chi connectivity index (χ3n) is 2.62. The molecule has 0 amide bonds. The lowest BCUT2D eigenvalue weighted by molar-refractivity contribution is 0.0696. The minimum atomic E-state index is -0.913. The van der Waals surface area contributed by atoms with E-state index in [-0.39, 0.29) is 0 Å². The molecule has 2 aromatic rings. The molecule has 5 heteroatoms. The number of hydrogen-bond acceptors (Lipinski definition) is 3. The van der Waals surface area contributed by atoms with Crippen LogP contribution in [0.1, 0.15) is 40.7 Å². The maximum absolute atomic E-state index is 11.1. The lowest BCUT2D eigenvalue weighted by Gasteiger charge is -2.02. The summed E-state index contributed by atoms with van der Waals surface area (Å²) < 4.78 is 1.83. The van der Waals surface area contributed by atoms with E-state index in [0.29, 0.717) is 11.5 Å². The van der Waals surface area contributed by atoms with Gasteiger partial charge in [0.15, 0.2) is 0 Å². The van der Waals surface area contributed by atoms with Crippen LogP contribution in [0.2, 0.25) is 0 Å². The molecule has 1 aromatic carbocycles. The quantitative estimate of drug-likeness (QED) is 0.904. The Morgan fingerprint density at radius 3 is 2.71 bits per heavy atom. The largest absolute Gasteiger partial charge is 0.478 e. The van der Waals surface area contributed by atoms with Crippen molar-refractivity contribution in [1.29, 1.82) is 0 Å². The smallest absolute Gasteiger partial charge is 0.336 e. The van der Waals surface area contributed by atoms with E-state index < -0.39 is 5.97 Å². The monoisotopic (exact) mass is 313 g/mol. The fourth-order valence-electron chi connectivity index (χ4n) is 1.65. The summed E-state index contributed by atoms with van der Waals surface area (Å²) in [5, 5.41) is 10.2. The normalized spacial score (nSPS) is 11.4. The number of carbonyl (C=O) groups is 1. The Bertz CT molecular complexity index is 604. The van der Waals surface area contributed by atoms with Crippen molar-refractivity contribution in [3.63, 3.8) is 0 Å². The second-order valence-electron chi connectivity index (χ2n) is 4.22. The number of benzene rings is 1. The molecule has 90 valence electrons. The van der Waals surface area contributed by atoms with E-state index in [1.54, 1.807) is 17.4 Å². The zero-order chi connectivity index (χ0) is 12.7. The number of nitrogens with zero attached hydrogens (tertiary/aromatic N) is 1. The molecule has 1 aromatic heterocycles. The third kappa shape index (κ3) is 2.09. The summed E-state index contributed by atoms with van der Waals surface area (Å²) in [6.07, 6.45) is 0. The van der Waals surface area contributed by atoms with Gasteiger partial charge in [-0.15, -0.1) is 11.3 Å². The van der Waals surface area contributed by atoms with Crippen molar-refractivity contribution in [2.45, 2.75) is 26.7 Å². The van der Waals surface area contributed by atoms with Gasteiger partial charge in [-0.25, -0.2) is 9.78 Å². The molecular formula is C12H12BrNO2S. The number of hydrogen-bond donors (Lipinski definition) is 1. The van der Waals surface area contributed by atoms with Crippen molar-refractivity contribution < 1.29 is 9.90 Å². The maximum atomic E-state index is 11.1. The van der Waals surface area contributed by atoms with Crippen LogP contribution in [0.5, 0.6) is 0 Å². The summed E-state index contributed by atoms with van der Waals surface area (Å²) in [5.41, 5.74) is 1.84. The van der Waals surface area contributed by atoms with E-state index in [4.69, 9.17) is 5.11 Å². The van der Waals surface area contributed by atoms with E-state index in [0.717, 1.165) is 25.3 Å². The van der Waals surface area contributed by atoms with Crippen molar-refractivity contribution >= 4 is 43.5 Å². The van der Waals surface area contributed by atoms with Crippen LogP contribution in [0.15, 0.2) is 10.5 Å². The molecule has 1 N–H and O–H groups in total. The molecule has 0 aliphatic carbocycles. The fourth-order valence-corrected chi connectivity index (χ4v) is 3.34. The predicted octanol–water partition coefficient (Wildman–Crippen LogP) is 4.19. The van der Waals surface area contributed by atoms with Crippen LogP contribution in [0.25, 0.3) is 10.2 Å². The lowest BCUT2D eigenvalue weighted by Crippen LogP contribution is -2.00. The first-order chi connectivity index (χ1) is 7.91. The Balaban J connectivity index is 2.80. The maximum Gasteiger partial charge on any atom is 0.336 e. The van der Waals surface area contributed by atoms with Crippen LogP contribution in [0.4, 0.5) is 0 Å². The molecule has 0 radical (unpaired) electrons. The first-order valence-electron chi connectivity index (χ1n) is 5.24. The van der Waals surface area contributed by atoms with Gasteiger partial charge in [-0.05, 0) is 34.5 Å². The average Bonchev–Trinajstić information content (AvgIpc) is 2.68. The Morgan fingerprint density at radius 2 is 2.18 bits per heavy atom. The number of fused-ring (bicyclic) bond motifs is 1. The van der Waals surface area contributed by atoms with Gasteiger partial charge in [-0.2, -0.15) is 0 Å². The molecule has 0 saturated heterocycles. The van der Waals surface area contributed by atoms with Gasteiger partial charge in [0.1, 0.15) is 0 Å². The second-order valence-corrected chi connectivity index (χ2v) is 6.11. The standard InChI is InChI=1S/C12H12BrNO2S/c1-5(2)11-14-9-6(3)7(12(15)16)4-8(13)10(9)17-11/h4-5H,1-3H3,(H,15,16). The molecule has 0 bridgehead atoms. The van der Waals surface area contributed by atoms with Crippen molar-refractivity contribution in [1.82, 2.24) is 4.98 Å². The number of aromatic carboxylic acids is 1. The highest BCUT2D eigenvalue weighted by atomic mass is 79.9. The summed E-state index contributed by atoms with van der Waals surface area (Å²) in [5.74, 6) is -0.559. The van der Waals surface area contributed by atoms with Crippen molar-refractivity contribution in [3.8, 4) is 0 Å². The van der Waals surface area contributed by atoms with E-state index in [2.05, 4.69) is 34.8 Å². The molecule has 0 spiro atoms. The van der Waals surface area contributed by atoms with Gasteiger partial charge < -0.3 is 5.11 Å². The summed E-state index contributed by atoms with van der Waals surface area (Å²) in [6, 6.07) is 1.66. The van der Waals surface area contributed by atoms with Crippen molar-refractivity contribution in [2.75, 3.05) is 0 Å². The van der Waals surface area contributed by atoms with Gasteiger partial charge in [0.05, 0.1) is 20.8 Å².